The fourth-order valence-corrected chi connectivity index (χ4v) is 1.63. The molecule has 0 atom stereocenters. The third-order valence-electron chi connectivity index (χ3n) is 2.46. The molecule has 2 rings (SSSR count). The van der Waals surface area contributed by atoms with E-state index >= 15 is 0 Å². The van der Waals surface area contributed by atoms with Crippen LogP contribution in [0, 0.1) is 0 Å². The average Bonchev–Trinajstić information content (AvgIpc) is 2.80. The van der Waals surface area contributed by atoms with Gasteiger partial charge >= 0.3 is 0 Å². The van der Waals surface area contributed by atoms with E-state index in [4.69, 9.17) is 11.6 Å². The van der Waals surface area contributed by atoms with E-state index in [1.807, 2.05) is 0 Å². The second-order valence-electron chi connectivity index (χ2n) is 3.77. The molecule has 5 heteroatoms. The molecule has 1 saturated carbocycles. The van der Waals surface area contributed by atoms with Crippen LogP contribution >= 0.6 is 11.6 Å². The lowest BCUT2D eigenvalue weighted by molar-refractivity contribution is 0.0936. The van der Waals surface area contributed by atoms with Crippen molar-refractivity contribution in [1.29, 1.82) is 0 Å². The monoisotopic (exact) mass is 213 g/mol. The van der Waals surface area contributed by atoms with Gasteiger partial charge in [-0.25, -0.2) is 0 Å². The van der Waals surface area contributed by atoms with E-state index in [-0.39, 0.29) is 11.4 Å². The maximum absolute atomic E-state index is 11.6. The first-order valence-electron chi connectivity index (χ1n) is 4.52. The molecule has 0 saturated heterocycles. The summed E-state index contributed by atoms with van der Waals surface area (Å²) in [5.41, 5.74) is 0.443. The molecule has 1 aromatic rings. The number of amides is 1. The van der Waals surface area contributed by atoms with Gasteiger partial charge in [0.25, 0.3) is 5.91 Å². The van der Waals surface area contributed by atoms with Gasteiger partial charge in [0.05, 0.1) is 17.3 Å². The number of nitrogens with one attached hydrogen (secondary N) is 1. The van der Waals surface area contributed by atoms with Crippen molar-refractivity contribution in [2.24, 2.45) is 7.05 Å². The molecule has 1 N–H and O–H groups in total. The zero-order valence-corrected chi connectivity index (χ0v) is 8.71. The molecule has 0 aliphatic heterocycles. The molecule has 1 heterocycles. The standard InChI is InChI=1S/C9H12ClN3O/c1-13-5-7(4-11-13)8(14)12-9(6-10)2-3-9/h4-5H,2-3,6H2,1H3,(H,12,14). The SMILES string of the molecule is Cn1cc(C(=O)NC2(CCl)CC2)cn1. The quantitative estimate of drug-likeness (QED) is 0.760. The highest BCUT2D eigenvalue weighted by Gasteiger charge is 2.43. The highest BCUT2D eigenvalue weighted by atomic mass is 35.5. The van der Waals surface area contributed by atoms with Gasteiger partial charge in [0.2, 0.25) is 0 Å². The first kappa shape index (κ1) is 9.52. The fourth-order valence-electron chi connectivity index (χ4n) is 1.29. The van der Waals surface area contributed by atoms with E-state index in [1.165, 1.54) is 0 Å². The number of halogens is 1. The highest BCUT2D eigenvalue weighted by molar-refractivity contribution is 6.19. The van der Waals surface area contributed by atoms with Crippen molar-refractivity contribution in [3.8, 4) is 0 Å². The fraction of sp³-hybridized carbons (Fsp3) is 0.556. The summed E-state index contributed by atoms with van der Waals surface area (Å²) < 4.78 is 1.61. The van der Waals surface area contributed by atoms with Crippen molar-refractivity contribution in [2.45, 2.75) is 18.4 Å². The molecule has 0 unspecified atom stereocenters. The summed E-state index contributed by atoms with van der Waals surface area (Å²) in [6.07, 6.45) is 5.20. The molecule has 0 aromatic carbocycles. The maximum atomic E-state index is 11.6. The van der Waals surface area contributed by atoms with Crippen LogP contribution in [-0.4, -0.2) is 27.1 Å². The molecule has 76 valence electrons. The van der Waals surface area contributed by atoms with Crippen LogP contribution in [0.1, 0.15) is 23.2 Å². The van der Waals surface area contributed by atoms with E-state index in [1.54, 1.807) is 24.1 Å². The molecule has 0 bridgehead atoms. The van der Waals surface area contributed by atoms with Gasteiger partial charge in [-0.2, -0.15) is 5.10 Å². The minimum atomic E-state index is -0.144. The van der Waals surface area contributed by atoms with Gasteiger partial charge in [-0.1, -0.05) is 0 Å². The smallest absolute Gasteiger partial charge is 0.254 e. The van der Waals surface area contributed by atoms with Crippen molar-refractivity contribution in [3.63, 3.8) is 0 Å². The van der Waals surface area contributed by atoms with Crippen molar-refractivity contribution in [3.05, 3.63) is 18.0 Å². The number of aryl methyl sites for hydroxylation is 1. The van der Waals surface area contributed by atoms with E-state index in [0.29, 0.717) is 11.4 Å². The molecule has 1 aliphatic carbocycles. The molecule has 1 aromatic heterocycles. The largest absolute Gasteiger partial charge is 0.345 e. The lowest BCUT2D eigenvalue weighted by atomic mass is 10.2. The van der Waals surface area contributed by atoms with Crippen LogP contribution in [0.5, 0.6) is 0 Å². The second kappa shape index (κ2) is 3.28. The Labute approximate surface area is 87.2 Å². The normalized spacial score (nSPS) is 17.9. The van der Waals surface area contributed by atoms with Crippen LogP contribution in [0.3, 0.4) is 0 Å². The predicted octanol–water partition coefficient (Wildman–Crippen LogP) is 0.921. The van der Waals surface area contributed by atoms with Gasteiger partial charge in [-0.05, 0) is 12.8 Å². The Morgan fingerprint density at radius 1 is 1.79 bits per heavy atom. The number of alkyl halides is 1. The summed E-state index contributed by atoms with van der Waals surface area (Å²) in [5.74, 6) is 0.398. The third kappa shape index (κ3) is 1.75. The number of hydrogen-bond acceptors (Lipinski definition) is 2. The highest BCUT2D eigenvalue weighted by Crippen LogP contribution is 2.36. The summed E-state index contributed by atoms with van der Waals surface area (Å²) in [6.45, 7) is 0. The van der Waals surface area contributed by atoms with E-state index in [0.717, 1.165) is 12.8 Å². The van der Waals surface area contributed by atoms with Gasteiger partial charge in [-0.3, -0.25) is 9.48 Å². The van der Waals surface area contributed by atoms with Gasteiger partial charge in [-0.15, -0.1) is 11.6 Å². The van der Waals surface area contributed by atoms with Crippen LogP contribution in [0.2, 0.25) is 0 Å². The second-order valence-corrected chi connectivity index (χ2v) is 4.04. The number of aromatic nitrogens is 2. The number of nitrogens with zero attached hydrogens (tertiary/aromatic N) is 2. The van der Waals surface area contributed by atoms with Crippen LogP contribution < -0.4 is 5.32 Å². The molecule has 1 aliphatic rings. The Hall–Kier alpha value is -1.03. The third-order valence-corrected chi connectivity index (χ3v) is 2.97. The Morgan fingerprint density at radius 3 is 2.93 bits per heavy atom. The van der Waals surface area contributed by atoms with Gasteiger partial charge in [0, 0.05) is 19.1 Å². The maximum Gasteiger partial charge on any atom is 0.254 e. The van der Waals surface area contributed by atoms with Gasteiger partial charge < -0.3 is 5.32 Å². The summed E-state index contributed by atoms with van der Waals surface area (Å²) in [5, 5.41) is 6.86. The minimum Gasteiger partial charge on any atom is -0.345 e. The van der Waals surface area contributed by atoms with Crippen molar-refractivity contribution in [1.82, 2.24) is 15.1 Å². The first-order chi connectivity index (χ1) is 6.65. The predicted molar refractivity (Wildman–Crippen MR) is 53.4 cm³/mol. The van der Waals surface area contributed by atoms with Crippen molar-refractivity contribution >= 4 is 17.5 Å². The molecule has 14 heavy (non-hydrogen) atoms. The number of carbonyl (C=O) groups excluding carboxylic acids is 1. The summed E-state index contributed by atoms with van der Waals surface area (Å²) >= 11 is 5.76. The summed E-state index contributed by atoms with van der Waals surface area (Å²) in [6, 6.07) is 0. The average molecular weight is 214 g/mol. The topological polar surface area (TPSA) is 46.9 Å². The van der Waals surface area contributed by atoms with Gasteiger partial charge in [0.15, 0.2) is 0 Å². The van der Waals surface area contributed by atoms with Crippen LogP contribution in [-0.2, 0) is 7.05 Å². The lowest BCUT2D eigenvalue weighted by Gasteiger charge is -2.12. The molecule has 1 amide bonds. The number of carbonyl (C=O) groups is 1. The molecule has 4 nitrogen and oxygen atoms in total. The van der Waals surface area contributed by atoms with E-state index in [2.05, 4.69) is 10.4 Å². The number of hydrogen-bond donors (Lipinski definition) is 1. The Morgan fingerprint density at radius 2 is 2.50 bits per heavy atom. The van der Waals surface area contributed by atoms with Crippen LogP contribution in [0.15, 0.2) is 12.4 Å². The molecule has 0 radical (unpaired) electrons. The molecule has 1 fully saturated rings. The summed E-state index contributed by atoms with van der Waals surface area (Å²) in [4.78, 5) is 11.6. The van der Waals surface area contributed by atoms with E-state index in [9.17, 15) is 4.79 Å². The van der Waals surface area contributed by atoms with Crippen molar-refractivity contribution < 1.29 is 4.79 Å². The Kier molecular flexibility index (Phi) is 2.23. The zero-order chi connectivity index (χ0) is 10.2. The number of rotatable bonds is 3. The van der Waals surface area contributed by atoms with Crippen molar-refractivity contribution in [2.75, 3.05) is 5.88 Å². The van der Waals surface area contributed by atoms with Crippen LogP contribution in [0.25, 0.3) is 0 Å². The molecule has 0 spiro atoms. The molecular formula is C9H12ClN3O. The minimum absolute atomic E-state index is 0.0868. The Balaban J connectivity index is 2.03. The van der Waals surface area contributed by atoms with Crippen LogP contribution in [0.4, 0.5) is 0 Å². The van der Waals surface area contributed by atoms with E-state index < -0.39 is 0 Å². The molecular weight excluding hydrogens is 202 g/mol. The van der Waals surface area contributed by atoms with Gasteiger partial charge in [0.1, 0.15) is 0 Å². The first-order valence-corrected chi connectivity index (χ1v) is 5.06. The lowest BCUT2D eigenvalue weighted by Crippen LogP contribution is -2.38. The summed E-state index contributed by atoms with van der Waals surface area (Å²) in [7, 11) is 1.78. The zero-order valence-electron chi connectivity index (χ0n) is 7.96. The Bertz CT molecular complexity index is 357.